The number of nitrogens with zero attached hydrogens (tertiary/aromatic N) is 3. The van der Waals surface area contributed by atoms with E-state index in [0.29, 0.717) is 5.69 Å². The molecule has 2 aromatic rings. The van der Waals surface area contributed by atoms with E-state index >= 15 is 0 Å². The van der Waals surface area contributed by atoms with Gasteiger partial charge in [-0.3, -0.25) is 14.2 Å². The molecule has 1 N–H and O–H groups in total. The molecule has 7 nitrogen and oxygen atoms in total. The molecule has 0 aliphatic heterocycles. The summed E-state index contributed by atoms with van der Waals surface area (Å²) in [4.78, 5) is 37.0. The van der Waals surface area contributed by atoms with Crippen LogP contribution in [0.1, 0.15) is 29.3 Å². The fourth-order valence-corrected chi connectivity index (χ4v) is 2.66. The van der Waals surface area contributed by atoms with Gasteiger partial charge in [0, 0.05) is 18.4 Å². The predicted octanol–water partition coefficient (Wildman–Crippen LogP) is 1.24. The van der Waals surface area contributed by atoms with Gasteiger partial charge in [-0.2, -0.15) is 5.26 Å². The van der Waals surface area contributed by atoms with Crippen molar-refractivity contribution < 1.29 is 4.79 Å². The summed E-state index contributed by atoms with van der Waals surface area (Å²) in [5.41, 5.74) is 1.31. The highest BCUT2D eigenvalue weighted by Gasteiger charge is 2.17. The van der Waals surface area contributed by atoms with Crippen molar-refractivity contribution in [1.82, 2.24) is 9.13 Å². The van der Waals surface area contributed by atoms with E-state index in [1.807, 2.05) is 32.0 Å². The molecule has 130 valence electrons. The minimum absolute atomic E-state index is 0.139. The highest BCUT2D eigenvalue weighted by atomic mass is 16.2. The van der Waals surface area contributed by atoms with Gasteiger partial charge in [-0.25, -0.2) is 9.36 Å². The van der Waals surface area contributed by atoms with Gasteiger partial charge in [0.15, 0.2) is 0 Å². The molecular formula is C18H20N4O3. The minimum Gasteiger partial charge on any atom is -0.324 e. The lowest BCUT2D eigenvalue weighted by Crippen LogP contribution is -2.44. The smallest absolute Gasteiger partial charge is 0.324 e. The zero-order chi connectivity index (χ0) is 18.7. The second-order valence-electron chi connectivity index (χ2n) is 5.82. The van der Waals surface area contributed by atoms with E-state index in [-0.39, 0.29) is 11.3 Å². The Kier molecular flexibility index (Phi) is 5.22. The maximum absolute atomic E-state index is 12.4. The standard InChI is InChI=1S/C18H20N4O3/c1-5-13-8-6-7-11(2)16(13)20-15(23)10-22-17(24)14(9-19)12(3)21(4)18(22)25/h6-8H,5,10H2,1-4H3,(H,20,23). The quantitative estimate of drug-likeness (QED) is 0.905. The van der Waals surface area contributed by atoms with Gasteiger partial charge in [0.05, 0.1) is 0 Å². The zero-order valence-electron chi connectivity index (χ0n) is 14.7. The fraction of sp³-hybridized carbons (Fsp3) is 0.333. The van der Waals surface area contributed by atoms with E-state index in [9.17, 15) is 14.4 Å². The van der Waals surface area contributed by atoms with Crippen LogP contribution in [0.15, 0.2) is 27.8 Å². The monoisotopic (exact) mass is 340 g/mol. The van der Waals surface area contributed by atoms with Gasteiger partial charge in [-0.1, -0.05) is 25.1 Å². The number of nitriles is 1. The van der Waals surface area contributed by atoms with Crippen molar-refractivity contribution in [2.45, 2.75) is 33.7 Å². The highest BCUT2D eigenvalue weighted by Crippen LogP contribution is 2.20. The van der Waals surface area contributed by atoms with Crippen LogP contribution in [0.25, 0.3) is 0 Å². The van der Waals surface area contributed by atoms with E-state index in [2.05, 4.69) is 5.32 Å². The molecule has 0 saturated heterocycles. The van der Waals surface area contributed by atoms with Crippen molar-refractivity contribution in [2.75, 3.05) is 5.32 Å². The lowest BCUT2D eigenvalue weighted by molar-refractivity contribution is -0.116. The van der Waals surface area contributed by atoms with Crippen LogP contribution < -0.4 is 16.6 Å². The summed E-state index contributed by atoms with van der Waals surface area (Å²) < 4.78 is 1.98. The van der Waals surface area contributed by atoms with Crippen molar-refractivity contribution in [1.29, 1.82) is 5.26 Å². The lowest BCUT2D eigenvalue weighted by Gasteiger charge is -2.14. The van der Waals surface area contributed by atoms with Gasteiger partial charge >= 0.3 is 5.69 Å². The number of rotatable bonds is 4. The molecule has 0 unspecified atom stereocenters. The van der Waals surface area contributed by atoms with Crippen molar-refractivity contribution in [3.8, 4) is 6.07 Å². The topological polar surface area (TPSA) is 96.9 Å². The third-order valence-corrected chi connectivity index (χ3v) is 4.26. The first kappa shape index (κ1) is 18.2. The molecule has 0 atom stereocenters. The number of aromatic nitrogens is 2. The van der Waals surface area contributed by atoms with Gasteiger partial charge < -0.3 is 5.32 Å². The predicted molar refractivity (Wildman–Crippen MR) is 94.6 cm³/mol. The molecule has 1 aromatic heterocycles. The first-order valence-electron chi connectivity index (χ1n) is 7.90. The number of carbonyl (C=O) groups excluding carboxylic acids is 1. The van der Waals surface area contributed by atoms with Crippen LogP contribution in [0.4, 0.5) is 5.69 Å². The fourth-order valence-electron chi connectivity index (χ4n) is 2.66. The number of nitrogens with one attached hydrogen (secondary N) is 1. The molecule has 7 heteroatoms. The SMILES string of the molecule is CCc1cccc(C)c1NC(=O)Cn1c(=O)c(C#N)c(C)n(C)c1=O. The number of hydrogen-bond acceptors (Lipinski definition) is 4. The Morgan fingerprint density at radius 3 is 2.56 bits per heavy atom. The molecule has 0 radical (unpaired) electrons. The van der Waals surface area contributed by atoms with Crippen LogP contribution >= 0.6 is 0 Å². The van der Waals surface area contributed by atoms with E-state index in [1.54, 1.807) is 6.07 Å². The van der Waals surface area contributed by atoms with Crippen LogP contribution in [-0.2, 0) is 24.8 Å². The van der Waals surface area contributed by atoms with Gasteiger partial charge in [-0.15, -0.1) is 0 Å². The molecule has 0 saturated carbocycles. The zero-order valence-corrected chi connectivity index (χ0v) is 14.7. The Labute approximate surface area is 145 Å². The summed E-state index contributed by atoms with van der Waals surface area (Å²) in [6.45, 7) is 4.92. The Balaban J connectivity index is 2.41. The number of hydrogen-bond donors (Lipinski definition) is 1. The maximum Gasteiger partial charge on any atom is 0.331 e. The first-order valence-corrected chi connectivity index (χ1v) is 7.90. The van der Waals surface area contributed by atoms with E-state index in [0.717, 1.165) is 22.1 Å². The molecule has 2 rings (SSSR count). The van der Waals surface area contributed by atoms with Gasteiger partial charge in [0.2, 0.25) is 5.91 Å². The first-order chi connectivity index (χ1) is 11.8. The van der Waals surface area contributed by atoms with Crippen LogP contribution in [0.5, 0.6) is 0 Å². The molecule has 25 heavy (non-hydrogen) atoms. The number of amides is 1. The minimum atomic E-state index is -0.751. The third-order valence-electron chi connectivity index (χ3n) is 4.26. The Hall–Kier alpha value is -3.14. The summed E-state index contributed by atoms with van der Waals surface area (Å²) in [6.07, 6.45) is 0.738. The van der Waals surface area contributed by atoms with Crippen molar-refractivity contribution >= 4 is 11.6 Å². The third kappa shape index (κ3) is 3.38. The number of benzene rings is 1. The largest absolute Gasteiger partial charge is 0.331 e. The summed E-state index contributed by atoms with van der Waals surface area (Å²) in [5, 5.41) is 11.9. The summed E-state index contributed by atoms with van der Waals surface area (Å²) >= 11 is 0. The van der Waals surface area contributed by atoms with E-state index in [4.69, 9.17) is 5.26 Å². The molecule has 0 bridgehead atoms. The maximum atomic E-state index is 12.4. The van der Waals surface area contributed by atoms with E-state index < -0.39 is 23.7 Å². The van der Waals surface area contributed by atoms with Crippen LogP contribution in [-0.4, -0.2) is 15.0 Å². The average molecular weight is 340 g/mol. The van der Waals surface area contributed by atoms with Crippen LogP contribution in [0.2, 0.25) is 0 Å². The Morgan fingerprint density at radius 1 is 1.28 bits per heavy atom. The van der Waals surface area contributed by atoms with Crippen LogP contribution in [0.3, 0.4) is 0 Å². The molecule has 0 spiro atoms. The summed E-state index contributed by atoms with van der Waals surface area (Å²) in [7, 11) is 1.46. The number of aryl methyl sites for hydroxylation is 2. The van der Waals surface area contributed by atoms with Crippen molar-refractivity contribution in [2.24, 2.45) is 7.05 Å². The number of anilines is 1. The molecule has 0 fully saturated rings. The Bertz CT molecular complexity index is 993. The lowest BCUT2D eigenvalue weighted by atomic mass is 10.1. The molecular weight excluding hydrogens is 320 g/mol. The summed E-state index contributed by atoms with van der Waals surface area (Å²) in [5.74, 6) is -0.490. The molecule has 1 heterocycles. The second kappa shape index (κ2) is 7.18. The van der Waals surface area contributed by atoms with Crippen LogP contribution in [0, 0.1) is 25.2 Å². The molecule has 0 aliphatic carbocycles. The summed E-state index contributed by atoms with van der Waals surface area (Å²) in [6, 6.07) is 7.49. The number of carbonyl (C=O) groups is 1. The van der Waals surface area contributed by atoms with Crippen molar-refractivity contribution in [3.63, 3.8) is 0 Å². The number of para-hydroxylation sites is 1. The van der Waals surface area contributed by atoms with Gasteiger partial charge in [0.1, 0.15) is 18.2 Å². The average Bonchev–Trinajstić information content (AvgIpc) is 2.59. The van der Waals surface area contributed by atoms with Crippen molar-refractivity contribution in [3.05, 3.63) is 61.4 Å². The highest BCUT2D eigenvalue weighted by molar-refractivity contribution is 5.92. The van der Waals surface area contributed by atoms with Gasteiger partial charge in [0.25, 0.3) is 5.56 Å². The normalized spacial score (nSPS) is 10.4. The Morgan fingerprint density at radius 2 is 1.96 bits per heavy atom. The molecule has 1 aromatic carbocycles. The second-order valence-corrected chi connectivity index (χ2v) is 5.82. The van der Waals surface area contributed by atoms with Gasteiger partial charge in [-0.05, 0) is 31.4 Å². The molecule has 1 amide bonds. The molecule has 0 aliphatic rings. The van der Waals surface area contributed by atoms with E-state index in [1.165, 1.54) is 18.5 Å².